The molecule has 0 radical (unpaired) electrons. The van der Waals surface area contributed by atoms with Crippen LogP contribution in [0, 0.1) is 0 Å². The lowest BCUT2D eigenvalue weighted by molar-refractivity contribution is 0.0907. The van der Waals surface area contributed by atoms with Gasteiger partial charge in [0.2, 0.25) is 0 Å². The van der Waals surface area contributed by atoms with Crippen LogP contribution in [0.15, 0.2) is 84.9 Å². The molecule has 2 unspecified atom stereocenters. The first-order chi connectivity index (χ1) is 21.2. The van der Waals surface area contributed by atoms with E-state index in [0.717, 1.165) is 57.1 Å². The van der Waals surface area contributed by atoms with E-state index in [1.807, 2.05) is 62.6 Å². The predicted octanol–water partition coefficient (Wildman–Crippen LogP) is 7.46. The second-order valence-electron chi connectivity index (χ2n) is 12.5. The van der Waals surface area contributed by atoms with Gasteiger partial charge in [-0.3, -0.25) is 9.59 Å². The number of Topliss-reactive ketones (excluding diaryl/α,β-unsaturated/α-hetero) is 2. The lowest BCUT2D eigenvalue weighted by Crippen LogP contribution is -2.40. The van der Waals surface area contributed by atoms with Crippen molar-refractivity contribution >= 4 is 55.2 Å². The zero-order valence-corrected chi connectivity index (χ0v) is 26.7. The molecule has 0 bridgehead atoms. The summed E-state index contributed by atoms with van der Waals surface area (Å²) in [6.07, 6.45) is 0.897. The highest BCUT2D eigenvalue weighted by Crippen LogP contribution is 2.32. The summed E-state index contributed by atoms with van der Waals surface area (Å²) >= 11 is 0. The van der Waals surface area contributed by atoms with Gasteiger partial charge in [0, 0.05) is 95.8 Å². The van der Waals surface area contributed by atoms with E-state index < -0.39 is 0 Å². The molecule has 0 fully saturated rings. The summed E-state index contributed by atoms with van der Waals surface area (Å²) in [5.74, 6) is 0.325. The maximum absolute atomic E-state index is 13.6. The Hall–Kier alpha value is -4.26. The van der Waals surface area contributed by atoms with Crippen LogP contribution in [0.1, 0.15) is 47.4 Å². The van der Waals surface area contributed by atoms with Crippen molar-refractivity contribution in [3.8, 4) is 0 Å². The van der Waals surface area contributed by atoms with Crippen molar-refractivity contribution in [1.82, 2.24) is 18.9 Å². The van der Waals surface area contributed by atoms with E-state index in [4.69, 9.17) is 0 Å². The third kappa shape index (κ3) is 5.23. The Morgan fingerprint density at radius 2 is 0.932 bits per heavy atom. The highest BCUT2D eigenvalue weighted by atomic mass is 16.1. The van der Waals surface area contributed by atoms with Crippen LogP contribution >= 0.6 is 0 Å². The summed E-state index contributed by atoms with van der Waals surface area (Å²) in [5, 5.41) is 4.59. The number of ketones is 2. The Morgan fingerprint density at radius 1 is 0.568 bits per heavy atom. The Bertz CT molecular complexity index is 1870. The quantitative estimate of drug-likeness (QED) is 0.148. The number of para-hydroxylation sites is 4. The average molecular weight is 587 g/mol. The summed E-state index contributed by atoms with van der Waals surface area (Å²) < 4.78 is 4.29. The van der Waals surface area contributed by atoms with Crippen molar-refractivity contribution < 1.29 is 9.59 Å². The number of aryl methyl sites for hydroxylation is 2. The van der Waals surface area contributed by atoms with E-state index in [1.165, 1.54) is 10.8 Å². The average Bonchev–Trinajstić information content (AvgIpc) is 3.50. The Morgan fingerprint density at radius 3 is 1.34 bits per heavy atom. The van der Waals surface area contributed by atoms with Crippen molar-refractivity contribution in [2.45, 2.75) is 38.8 Å². The predicted molar refractivity (Wildman–Crippen MR) is 183 cm³/mol. The number of carbonyl (C=O) groups excluding carboxylic acids is 2. The first kappa shape index (κ1) is 29.8. The second-order valence-corrected chi connectivity index (χ2v) is 12.5. The van der Waals surface area contributed by atoms with Gasteiger partial charge in [-0.1, -0.05) is 60.7 Å². The van der Waals surface area contributed by atoms with Crippen LogP contribution in [0.4, 0.5) is 0 Å². The number of carbonyl (C=O) groups is 2. The Kier molecular flexibility index (Phi) is 8.14. The van der Waals surface area contributed by atoms with Crippen molar-refractivity contribution in [3.05, 3.63) is 96.1 Å². The van der Waals surface area contributed by atoms with E-state index in [0.29, 0.717) is 12.8 Å². The van der Waals surface area contributed by atoms with E-state index in [9.17, 15) is 9.59 Å². The smallest absolute Gasteiger partial charge is 0.166 e. The van der Waals surface area contributed by atoms with Gasteiger partial charge in [-0.05, 0) is 52.2 Å². The summed E-state index contributed by atoms with van der Waals surface area (Å²) in [6.45, 7) is 5.86. The standard InChI is InChI=1S/C38H42N4O2/c1-25(23-35(43)31-17-11-15-29-27-13-7-9-19-33(27)41(5)37(29)31)39(3)21-22-40(4)26(2)24-36(44)32-18-12-16-30-28-14-8-10-20-34(28)42(6)38(30)32/h7-20,25-26H,21-24H2,1-6H3. The minimum absolute atomic E-state index is 0.0851. The molecule has 0 aliphatic heterocycles. The van der Waals surface area contributed by atoms with Gasteiger partial charge in [0.15, 0.2) is 11.6 Å². The van der Waals surface area contributed by atoms with Crippen molar-refractivity contribution in [1.29, 1.82) is 0 Å². The molecule has 0 saturated heterocycles. The summed E-state index contributed by atoms with van der Waals surface area (Å²) in [4.78, 5) is 31.7. The van der Waals surface area contributed by atoms with Gasteiger partial charge in [0.25, 0.3) is 0 Å². The third-order valence-electron chi connectivity index (χ3n) is 9.73. The molecule has 2 aromatic heterocycles. The molecule has 6 rings (SSSR count). The lowest BCUT2D eigenvalue weighted by atomic mass is 10.0. The molecule has 6 nitrogen and oxygen atoms in total. The number of aromatic nitrogens is 2. The van der Waals surface area contributed by atoms with Crippen molar-refractivity contribution in [2.75, 3.05) is 27.2 Å². The minimum atomic E-state index is 0.0851. The fourth-order valence-corrected chi connectivity index (χ4v) is 6.75. The molecule has 226 valence electrons. The fraction of sp³-hybridized carbons (Fsp3) is 0.316. The van der Waals surface area contributed by atoms with Gasteiger partial charge in [0.05, 0.1) is 11.0 Å². The van der Waals surface area contributed by atoms with E-state index in [2.05, 4.69) is 83.3 Å². The fourth-order valence-electron chi connectivity index (χ4n) is 6.75. The zero-order chi connectivity index (χ0) is 31.1. The molecule has 0 saturated carbocycles. The van der Waals surface area contributed by atoms with Gasteiger partial charge in [0.1, 0.15) is 0 Å². The number of benzene rings is 4. The first-order valence-corrected chi connectivity index (χ1v) is 15.6. The number of hydrogen-bond donors (Lipinski definition) is 0. The molecule has 0 aliphatic carbocycles. The molecule has 4 aromatic carbocycles. The van der Waals surface area contributed by atoms with Crippen LogP contribution in [0.3, 0.4) is 0 Å². The topological polar surface area (TPSA) is 50.5 Å². The number of hydrogen-bond acceptors (Lipinski definition) is 4. The maximum atomic E-state index is 13.6. The van der Waals surface area contributed by atoms with Crippen molar-refractivity contribution in [3.63, 3.8) is 0 Å². The summed E-state index contributed by atoms with van der Waals surface area (Å²) in [6, 6.07) is 28.9. The molecular weight excluding hydrogens is 544 g/mol. The molecule has 6 aromatic rings. The van der Waals surface area contributed by atoms with Crippen LogP contribution in [0.25, 0.3) is 43.6 Å². The van der Waals surface area contributed by atoms with Gasteiger partial charge in [-0.15, -0.1) is 0 Å². The first-order valence-electron chi connectivity index (χ1n) is 15.6. The third-order valence-corrected chi connectivity index (χ3v) is 9.73. The number of nitrogens with zero attached hydrogens (tertiary/aromatic N) is 4. The second kappa shape index (κ2) is 12.0. The zero-order valence-electron chi connectivity index (χ0n) is 26.7. The van der Waals surface area contributed by atoms with Crippen LogP contribution in [-0.2, 0) is 14.1 Å². The van der Waals surface area contributed by atoms with Gasteiger partial charge in [-0.25, -0.2) is 0 Å². The normalized spacial score (nSPS) is 13.5. The largest absolute Gasteiger partial charge is 0.343 e. The summed E-state index contributed by atoms with van der Waals surface area (Å²) in [7, 11) is 8.25. The van der Waals surface area contributed by atoms with Crippen molar-refractivity contribution in [2.24, 2.45) is 14.1 Å². The Labute approximate surface area is 259 Å². The van der Waals surface area contributed by atoms with Crippen LogP contribution in [0.5, 0.6) is 0 Å². The van der Waals surface area contributed by atoms with E-state index >= 15 is 0 Å². The molecule has 0 amide bonds. The highest BCUT2D eigenvalue weighted by Gasteiger charge is 2.22. The van der Waals surface area contributed by atoms with E-state index in [1.54, 1.807) is 0 Å². The number of likely N-dealkylation sites (N-methyl/N-ethyl adjacent to an activating group) is 2. The number of fused-ring (bicyclic) bond motifs is 6. The minimum Gasteiger partial charge on any atom is -0.343 e. The molecular formula is C38H42N4O2. The van der Waals surface area contributed by atoms with Gasteiger partial charge >= 0.3 is 0 Å². The Balaban J connectivity index is 1.08. The molecule has 0 spiro atoms. The van der Waals surface area contributed by atoms with Gasteiger partial charge in [-0.2, -0.15) is 0 Å². The molecule has 44 heavy (non-hydrogen) atoms. The van der Waals surface area contributed by atoms with Gasteiger partial charge < -0.3 is 18.9 Å². The van der Waals surface area contributed by atoms with E-state index in [-0.39, 0.29) is 23.7 Å². The monoisotopic (exact) mass is 586 g/mol. The highest BCUT2D eigenvalue weighted by molar-refractivity contribution is 6.17. The maximum Gasteiger partial charge on any atom is 0.166 e. The van der Waals surface area contributed by atoms with Crippen LogP contribution < -0.4 is 0 Å². The van der Waals surface area contributed by atoms with Crippen LogP contribution in [-0.4, -0.2) is 69.8 Å². The molecule has 0 N–H and O–H groups in total. The lowest BCUT2D eigenvalue weighted by Gasteiger charge is -2.29. The number of rotatable bonds is 11. The molecule has 0 aliphatic rings. The molecule has 2 atom stereocenters. The molecule has 6 heteroatoms. The van der Waals surface area contributed by atoms with Crippen LogP contribution in [0.2, 0.25) is 0 Å². The summed E-state index contributed by atoms with van der Waals surface area (Å²) in [5.41, 5.74) is 5.85. The molecule has 2 heterocycles. The SMILES string of the molecule is CC(CC(=O)c1cccc2c3ccccc3n(C)c12)N(C)CCN(C)C(C)CC(=O)c1cccc2c3ccccc3n(C)c12.